The van der Waals surface area contributed by atoms with Gasteiger partial charge in [0.2, 0.25) is 5.91 Å². The minimum Gasteiger partial charge on any atom is -0.497 e. The standard InChI is InChI=1S/C33H39F2N3O5/c1-33(2,3)43-32(40)38(17-5-6-22-18-23(34)8-12-27(22)35)29-14-11-24(42-30(29)20-31(36)39)9-7-21-15-16-37-28-13-10-25(41-4)19-26(21)28/h5-6,8,10,12-13,15-16,18-19,24,29-30H,7,9,11,14,17,20H2,1-4H3,(H2,36,39)/b6-5+/t24-,29+,30-/m0/s1. The first-order valence-electron chi connectivity index (χ1n) is 14.4. The van der Waals surface area contributed by atoms with Crippen molar-refractivity contribution in [3.05, 3.63) is 77.5 Å². The number of fused-ring (bicyclic) bond motifs is 1. The molecule has 0 saturated carbocycles. The maximum atomic E-state index is 14.2. The van der Waals surface area contributed by atoms with Gasteiger partial charge < -0.3 is 19.9 Å². The molecule has 0 spiro atoms. The van der Waals surface area contributed by atoms with Crippen LogP contribution in [0, 0.1) is 11.6 Å². The molecule has 10 heteroatoms. The van der Waals surface area contributed by atoms with Crippen LogP contribution in [0.4, 0.5) is 13.6 Å². The van der Waals surface area contributed by atoms with Crippen molar-refractivity contribution >= 4 is 29.0 Å². The van der Waals surface area contributed by atoms with E-state index in [1.165, 1.54) is 11.0 Å². The summed E-state index contributed by atoms with van der Waals surface area (Å²) in [7, 11) is 1.62. The summed E-state index contributed by atoms with van der Waals surface area (Å²) < 4.78 is 45.4. The van der Waals surface area contributed by atoms with Gasteiger partial charge in [-0.1, -0.05) is 12.2 Å². The van der Waals surface area contributed by atoms with Crippen molar-refractivity contribution in [3.63, 3.8) is 0 Å². The quantitative estimate of drug-likeness (QED) is 0.300. The molecule has 2 amide bonds. The average molecular weight is 596 g/mol. The van der Waals surface area contributed by atoms with Crippen molar-refractivity contribution in [1.82, 2.24) is 9.88 Å². The summed E-state index contributed by atoms with van der Waals surface area (Å²) in [6.07, 6.45) is 5.80. The van der Waals surface area contributed by atoms with E-state index in [9.17, 15) is 18.4 Å². The lowest BCUT2D eigenvalue weighted by Crippen LogP contribution is -2.54. The van der Waals surface area contributed by atoms with Gasteiger partial charge in [-0.3, -0.25) is 14.7 Å². The van der Waals surface area contributed by atoms with Crippen LogP contribution in [0.15, 0.2) is 54.7 Å². The number of amides is 2. The lowest BCUT2D eigenvalue weighted by atomic mass is 9.92. The second kappa shape index (κ2) is 13.9. The Morgan fingerprint density at radius 2 is 1.93 bits per heavy atom. The van der Waals surface area contributed by atoms with Crippen molar-refractivity contribution < 1.29 is 32.6 Å². The van der Waals surface area contributed by atoms with Crippen LogP contribution in [0.1, 0.15) is 57.6 Å². The molecule has 3 aromatic rings. The molecule has 1 aliphatic heterocycles. The number of primary amides is 1. The molecule has 0 bridgehead atoms. The fourth-order valence-electron chi connectivity index (χ4n) is 5.34. The highest BCUT2D eigenvalue weighted by Gasteiger charge is 2.39. The zero-order chi connectivity index (χ0) is 31.1. The second-order valence-corrected chi connectivity index (χ2v) is 11.7. The Balaban J connectivity index is 1.52. The number of carbonyl (C=O) groups is 2. The summed E-state index contributed by atoms with van der Waals surface area (Å²) in [6, 6.07) is 10.4. The maximum absolute atomic E-state index is 14.2. The van der Waals surface area contributed by atoms with E-state index in [0.29, 0.717) is 25.7 Å². The Labute approximate surface area is 250 Å². The second-order valence-electron chi connectivity index (χ2n) is 11.7. The number of aromatic nitrogens is 1. The van der Waals surface area contributed by atoms with Crippen LogP contribution < -0.4 is 10.5 Å². The molecule has 2 N–H and O–H groups in total. The number of rotatable bonds is 10. The number of halogens is 2. The molecule has 43 heavy (non-hydrogen) atoms. The van der Waals surface area contributed by atoms with Gasteiger partial charge in [-0.15, -0.1) is 0 Å². The van der Waals surface area contributed by atoms with Gasteiger partial charge in [0, 0.05) is 23.7 Å². The van der Waals surface area contributed by atoms with E-state index in [2.05, 4.69) is 4.98 Å². The molecule has 1 fully saturated rings. The number of ether oxygens (including phenoxy) is 3. The molecule has 1 saturated heterocycles. The summed E-state index contributed by atoms with van der Waals surface area (Å²) in [6.45, 7) is 5.30. The third-order valence-electron chi connectivity index (χ3n) is 7.34. The number of methoxy groups -OCH3 is 1. The largest absolute Gasteiger partial charge is 0.497 e. The fraction of sp³-hybridized carbons (Fsp3) is 0.424. The smallest absolute Gasteiger partial charge is 0.410 e. The average Bonchev–Trinajstić information content (AvgIpc) is 2.94. The first-order chi connectivity index (χ1) is 20.4. The monoisotopic (exact) mass is 595 g/mol. The number of carbonyl (C=O) groups excluding carboxylic acids is 2. The van der Waals surface area contributed by atoms with E-state index < -0.39 is 41.4 Å². The van der Waals surface area contributed by atoms with Gasteiger partial charge in [-0.2, -0.15) is 0 Å². The topological polar surface area (TPSA) is 104 Å². The number of hydrogen-bond acceptors (Lipinski definition) is 6. The van der Waals surface area contributed by atoms with E-state index >= 15 is 0 Å². The van der Waals surface area contributed by atoms with Crippen LogP contribution in [0.5, 0.6) is 5.75 Å². The number of nitrogens with zero attached hydrogens (tertiary/aromatic N) is 2. The van der Waals surface area contributed by atoms with Gasteiger partial charge in [0.1, 0.15) is 23.0 Å². The van der Waals surface area contributed by atoms with Crippen LogP contribution in [0.3, 0.4) is 0 Å². The van der Waals surface area contributed by atoms with E-state index in [0.717, 1.165) is 40.4 Å². The maximum Gasteiger partial charge on any atom is 0.410 e. The predicted octanol–water partition coefficient (Wildman–Crippen LogP) is 6.20. The molecule has 8 nitrogen and oxygen atoms in total. The van der Waals surface area contributed by atoms with Gasteiger partial charge in [-0.25, -0.2) is 13.6 Å². The van der Waals surface area contributed by atoms with Crippen molar-refractivity contribution in [2.75, 3.05) is 13.7 Å². The minimum absolute atomic E-state index is 0.0314. The Bertz CT molecular complexity index is 1470. The van der Waals surface area contributed by atoms with Crippen LogP contribution in [-0.2, 0) is 20.7 Å². The minimum atomic E-state index is -0.777. The van der Waals surface area contributed by atoms with Crippen LogP contribution in [-0.4, -0.2) is 59.4 Å². The number of aryl methyl sites for hydroxylation is 1. The highest BCUT2D eigenvalue weighted by atomic mass is 19.1. The van der Waals surface area contributed by atoms with Crippen molar-refractivity contribution in [2.24, 2.45) is 5.73 Å². The Hall–Kier alpha value is -4.05. The first-order valence-corrected chi connectivity index (χ1v) is 14.4. The molecular formula is C33H39F2N3O5. The van der Waals surface area contributed by atoms with E-state index in [1.807, 2.05) is 24.3 Å². The molecule has 0 unspecified atom stereocenters. The Morgan fingerprint density at radius 3 is 2.65 bits per heavy atom. The molecule has 2 heterocycles. The molecule has 1 aliphatic rings. The first kappa shape index (κ1) is 31.9. The normalized spacial score (nSPS) is 19.0. The summed E-state index contributed by atoms with van der Waals surface area (Å²) in [4.78, 5) is 31.4. The molecule has 4 rings (SSSR count). The SMILES string of the molecule is COc1ccc2nccc(CC[C@H]3CC[C@@H](N(C/C=C/c4cc(F)ccc4F)C(=O)OC(C)(C)C)[C@H](CC(N)=O)O3)c2c1. The van der Waals surface area contributed by atoms with E-state index in [4.69, 9.17) is 19.9 Å². The lowest BCUT2D eigenvalue weighted by molar-refractivity contribution is -0.131. The number of nitrogens with two attached hydrogens (primary N) is 1. The molecule has 0 radical (unpaired) electrons. The molecular weight excluding hydrogens is 556 g/mol. The van der Waals surface area contributed by atoms with E-state index in [1.54, 1.807) is 40.2 Å². The van der Waals surface area contributed by atoms with Crippen LogP contribution >= 0.6 is 0 Å². The lowest BCUT2D eigenvalue weighted by Gasteiger charge is -2.42. The number of hydrogen-bond donors (Lipinski definition) is 1. The third-order valence-corrected chi connectivity index (χ3v) is 7.34. The molecule has 3 atom stereocenters. The van der Waals surface area contributed by atoms with Crippen LogP contribution in [0.25, 0.3) is 17.0 Å². The third kappa shape index (κ3) is 8.73. The van der Waals surface area contributed by atoms with Crippen molar-refractivity contribution in [1.29, 1.82) is 0 Å². The summed E-state index contributed by atoms with van der Waals surface area (Å²) >= 11 is 0. The van der Waals surface area contributed by atoms with Gasteiger partial charge >= 0.3 is 6.09 Å². The number of pyridine rings is 1. The molecule has 2 aromatic carbocycles. The fourth-order valence-corrected chi connectivity index (χ4v) is 5.34. The van der Waals surface area contributed by atoms with Crippen molar-refractivity contribution in [3.8, 4) is 5.75 Å². The van der Waals surface area contributed by atoms with Gasteiger partial charge in [0.25, 0.3) is 0 Å². The zero-order valence-electron chi connectivity index (χ0n) is 25.0. The van der Waals surface area contributed by atoms with Crippen LogP contribution in [0.2, 0.25) is 0 Å². The van der Waals surface area contributed by atoms with Gasteiger partial charge in [-0.05, 0) is 94.5 Å². The van der Waals surface area contributed by atoms with Crippen molar-refractivity contribution in [2.45, 2.75) is 76.7 Å². The molecule has 0 aliphatic carbocycles. The Kier molecular flexibility index (Phi) is 10.3. The summed E-state index contributed by atoms with van der Waals surface area (Å²) in [5.41, 5.74) is 6.86. The summed E-state index contributed by atoms with van der Waals surface area (Å²) in [5, 5.41) is 1.00. The molecule has 230 valence electrons. The zero-order valence-corrected chi connectivity index (χ0v) is 25.0. The highest BCUT2D eigenvalue weighted by molar-refractivity contribution is 5.83. The predicted molar refractivity (Wildman–Crippen MR) is 160 cm³/mol. The van der Waals surface area contributed by atoms with E-state index in [-0.39, 0.29) is 24.6 Å². The molecule has 1 aromatic heterocycles. The van der Waals surface area contributed by atoms with Gasteiger partial charge in [0.15, 0.2) is 0 Å². The number of benzene rings is 2. The highest BCUT2D eigenvalue weighted by Crippen LogP contribution is 2.31. The summed E-state index contributed by atoms with van der Waals surface area (Å²) in [5.74, 6) is -0.963. The Morgan fingerprint density at radius 1 is 1.14 bits per heavy atom. The van der Waals surface area contributed by atoms with Gasteiger partial charge in [0.05, 0.1) is 37.3 Å².